The summed E-state index contributed by atoms with van der Waals surface area (Å²) in [7, 11) is 1.97. The Kier molecular flexibility index (Phi) is 3.82. The van der Waals surface area contributed by atoms with Crippen molar-refractivity contribution in [3.05, 3.63) is 0 Å². The van der Waals surface area contributed by atoms with Crippen molar-refractivity contribution < 1.29 is 9.53 Å². The van der Waals surface area contributed by atoms with Gasteiger partial charge in [-0.3, -0.25) is 4.79 Å². The van der Waals surface area contributed by atoms with Crippen LogP contribution in [0.1, 0.15) is 26.2 Å². The largest absolute Gasteiger partial charge is 0.378 e. The average Bonchev–Trinajstić information content (AvgIpc) is 2.75. The molecule has 2 saturated heterocycles. The third-order valence-corrected chi connectivity index (χ3v) is 3.69. The van der Waals surface area contributed by atoms with E-state index in [1.807, 2.05) is 18.9 Å². The minimum Gasteiger partial charge on any atom is -0.378 e. The minimum atomic E-state index is 0.102. The quantitative estimate of drug-likeness (QED) is 0.750. The number of amides is 1. The van der Waals surface area contributed by atoms with Crippen LogP contribution in [-0.2, 0) is 9.53 Å². The van der Waals surface area contributed by atoms with Crippen LogP contribution in [0.4, 0.5) is 0 Å². The number of hydrogen-bond donors (Lipinski definition) is 1. The lowest BCUT2D eigenvalue weighted by molar-refractivity contribution is -0.136. The highest BCUT2D eigenvalue weighted by Gasteiger charge is 2.33. The SMILES string of the molecule is CNC1CCCN(C(=O)C2COC(C)C2)C1. The molecule has 0 radical (unpaired) electrons. The van der Waals surface area contributed by atoms with Gasteiger partial charge in [0.1, 0.15) is 0 Å². The summed E-state index contributed by atoms with van der Waals surface area (Å²) in [5, 5.41) is 3.26. The van der Waals surface area contributed by atoms with E-state index >= 15 is 0 Å². The van der Waals surface area contributed by atoms with E-state index < -0.39 is 0 Å². The first-order chi connectivity index (χ1) is 7.70. The van der Waals surface area contributed by atoms with Gasteiger partial charge < -0.3 is 15.0 Å². The van der Waals surface area contributed by atoms with Crippen molar-refractivity contribution in [1.82, 2.24) is 10.2 Å². The third kappa shape index (κ3) is 2.55. The fourth-order valence-electron chi connectivity index (χ4n) is 2.66. The fraction of sp³-hybridized carbons (Fsp3) is 0.917. The Balaban J connectivity index is 1.89. The van der Waals surface area contributed by atoms with Crippen LogP contribution in [-0.4, -0.2) is 49.7 Å². The number of hydrogen-bond acceptors (Lipinski definition) is 3. The molecule has 2 rings (SSSR count). The van der Waals surface area contributed by atoms with E-state index in [-0.39, 0.29) is 12.0 Å². The number of piperidine rings is 1. The molecular formula is C12H22N2O2. The highest BCUT2D eigenvalue weighted by atomic mass is 16.5. The van der Waals surface area contributed by atoms with Gasteiger partial charge in [0, 0.05) is 19.1 Å². The molecule has 1 amide bonds. The van der Waals surface area contributed by atoms with Crippen molar-refractivity contribution in [3.8, 4) is 0 Å². The number of nitrogens with one attached hydrogen (secondary N) is 1. The van der Waals surface area contributed by atoms with Crippen LogP contribution in [0.3, 0.4) is 0 Å². The summed E-state index contributed by atoms with van der Waals surface area (Å²) in [5.74, 6) is 0.398. The molecule has 0 spiro atoms. The monoisotopic (exact) mass is 226 g/mol. The van der Waals surface area contributed by atoms with E-state index in [0.29, 0.717) is 18.6 Å². The average molecular weight is 226 g/mol. The van der Waals surface area contributed by atoms with Gasteiger partial charge in [0.25, 0.3) is 0 Å². The molecule has 2 aliphatic rings. The van der Waals surface area contributed by atoms with E-state index in [4.69, 9.17) is 4.74 Å². The molecule has 2 fully saturated rings. The maximum absolute atomic E-state index is 12.2. The topological polar surface area (TPSA) is 41.6 Å². The maximum atomic E-state index is 12.2. The van der Waals surface area contributed by atoms with Gasteiger partial charge in [-0.2, -0.15) is 0 Å². The van der Waals surface area contributed by atoms with E-state index in [1.165, 1.54) is 6.42 Å². The number of rotatable bonds is 2. The van der Waals surface area contributed by atoms with Gasteiger partial charge in [0.15, 0.2) is 0 Å². The van der Waals surface area contributed by atoms with Crippen LogP contribution in [0.2, 0.25) is 0 Å². The zero-order valence-electron chi connectivity index (χ0n) is 10.2. The Bertz CT molecular complexity index is 257. The van der Waals surface area contributed by atoms with Crippen LogP contribution < -0.4 is 5.32 Å². The Labute approximate surface area is 97.3 Å². The Morgan fingerprint density at radius 1 is 1.50 bits per heavy atom. The van der Waals surface area contributed by atoms with Crippen LogP contribution >= 0.6 is 0 Å². The van der Waals surface area contributed by atoms with Gasteiger partial charge in [-0.25, -0.2) is 0 Å². The molecule has 2 aliphatic heterocycles. The van der Waals surface area contributed by atoms with E-state index in [1.54, 1.807) is 0 Å². The molecule has 2 heterocycles. The smallest absolute Gasteiger partial charge is 0.228 e. The molecular weight excluding hydrogens is 204 g/mol. The van der Waals surface area contributed by atoms with Crippen LogP contribution in [0.5, 0.6) is 0 Å². The highest BCUT2D eigenvalue weighted by molar-refractivity contribution is 5.79. The predicted molar refractivity (Wildman–Crippen MR) is 62.2 cm³/mol. The van der Waals surface area contributed by atoms with Crippen molar-refractivity contribution in [3.63, 3.8) is 0 Å². The lowest BCUT2D eigenvalue weighted by atomic mass is 10.0. The summed E-state index contributed by atoms with van der Waals surface area (Å²) in [6.45, 7) is 4.43. The standard InChI is InChI=1S/C12H22N2O2/c1-9-6-10(8-16-9)12(15)14-5-3-4-11(7-14)13-2/h9-11,13H,3-8H2,1-2H3. The lowest BCUT2D eigenvalue weighted by Crippen LogP contribution is -2.48. The summed E-state index contributed by atoms with van der Waals surface area (Å²) in [6, 6.07) is 0.470. The molecule has 0 bridgehead atoms. The molecule has 92 valence electrons. The first-order valence-corrected chi connectivity index (χ1v) is 6.28. The molecule has 4 heteroatoms. The number of ether oxygens (including phenoxy) is 1. The summed E-state index contributed by atoms with van der Waals surface area (Å²) in [5.41, 5.74) is 0. The second-order valence-electron chi connectivity index (χ2n) is 4.99. The van der Waals surface area contributed by atoms with Crippen molar-refractivity contribution in [2.75, 3.05) is 26.7 Å². The Hall–Kier alpha value is -0.610. The second kappa shape index (κ2) is 5.15. The molecule has 0 aromatic carbocycles. The lowest BCUT2D eigenvalue weighted by Gasteiger charge is -2.34. The van der Waals surface area contributed by atoms with Crippen LogP contribution in [0, 0.1) is 5.92 Å². The Morgan fingerprint density at radius 2 is 2.31 bits per heavy atom. The number of carbonyl (C=O) groups is 1. The summed E-state index contributed by atoms with van der Waals surface area (Å²) >= 11 is 0. The van der Waals surface area contributed by atoms with Crippen molar-refractivity contribution in [2.45, 2.75) is 38.3 Å². The van der Waals surface area contributed by atoms with Gasteiger partial charge in [-0.05, 0) is 33.2 Å². The Morgan fingerprint density at radius 3 is 2.94 bits per heavy atom. The molecule has 3 unspecified atom stereocenters. The maximum Gasteiger partial charge on any atom is 0.228 e. The van der Waals surface area contributed by atoms with Gasteiger partial charge >= 0.3 is 0 Å². The molecule has 16 heavy (non-hydrogen) atoms. The van der Waals surface area contributed by atoms with Crippen LogP contribution in [0.15, 0.2) is 0 Å². The van der Waals surface area contributed by atoms with Crippen molar-refractivity contribution >= 4 is 5.91 Å². The van der Waals surface area contributed by atoms with Gasteiger partial charge in [0.2, 0.25) is 5.91 Å². The van der Waals surface area contributed by atoms with Crippen molar-refractivity contribution in [1.29, 1.82) is 0 Å². The summed E-state index contributed by atoms with van der Waals surface area (Å²) < 4.78 is 5.47. The minimum absolute atomic E-state index is 0.102. The third-order valence-electron chi connectivity index (χ3n) is 3.69. The molecule has 0 aromatic heterocycles. The molecule has 3 atom stereocenters. The summed E-state index contributed by atoms with van der Waals surface area (Å²) in [4.78, 5) is 14.2. The van der Waals surface area contributed by atoms with Gasteiger partial charge in [-0.1, -0.05) is 0 Å². The first-order valence-electron chi connectivity index (χ1n) is 6.28. The molecule has 1 N–H and O–H groups in total. The molecule has 0 aromatic rings. The fourth-order valence-corrected chi connectivity index (χ4v) is 2.66. The predicted octanol–water partition coefficient (Wildman–Crippen LogP) is 0.622. The highest BCUT2D eigenvalue weighted by Crippen LogP contribution is 2.23. The van der Waals surface area contributed by atoms with Gasteiger partial charge in [0.05, 0.1) is 18.6 Å². The normalized spacial score (nSPS) is 35.4. The van der Waals surface area contributed by atoms with Crippen LogP contribution in [0.25, 0.3) is 0 Å². The number of carbonyl (C=O) groups excluding carboxylic acids is 1. The second-order valence-corrected chi connectivity index (χ2v) is 4.99. The van der Waals surface area contributed by atoms with E-state index in [2.05, 4.69) is 5.32 Å². The molecule has 4 nitrogen and oxygen atoms in total. The van der Waals surface area contributed by atoms with E-state index in [9.17, 15) is 4.79 Å². The first kappa shape index (κ1) is 11.9. The van der Waals surface area contributed by atoms with Gasteiger partial charge in [-0.15, -0.1) is 0 Å². The zero-order chi connectivity index (χ0) is 11.5. The van der Waals surface area contributed by atoms with Crippen molar-refractivity contribution in [2.24, 2.45) is 5.92 Å². The van der Waals surface area contributed by atoms with E-state index in [0.717, 1.165) is 25.9 Å². The summed E-state index contributed by atoms with van der Waals surface area (Å²) in [6.07, 6.45) is 3.43. The molecule has 0 aliphatic carbocycles. The number of nitrogens with zero attached hydrogens (tertiary/aromatic N) is 1. The molecule has 0 saturated carbocycles. The number of likely N-dealkylation sites (tertiary alicyclic amines) is 1. The number of likely N-dealkylation sites (N-methyl/N-ethyl adjacent to an activating group) is 1. The zero-order valence-corrected chi connectivity index (χ0v) is 10.2.